The lowest BCUT2D eigenvalue weighted by molar-refractivity contribution is -0.137. The first-order chi connectivity index (χ1) is 15.0. The Morgan fingerprint density at radius 3 is 2.45 bits per heavy atom. The monoisotopic (exact) mass is 461 g/mol. The molecule has 2 aromatic carbocycles. The minimum Gasteiger partial charge on any atom is -0.497 e. The van der Waals surface area contributed by atoms with E-state index in [9.17, 15) is 13.2 Å². The number of amides is 1. The number of hydrogen-bond donors (Lipinski definition) is 0. The Morgan fingerprint density at radius 2 is 1.77 bits per heavy atom. The van der Waals surface area contributed by atoms with Gasteiger partial charge in [-0.1, -0.05) is 12.1 Å². The smallest absolute Gasteiger partial charge is 0.248 e. The largest absolute Gasteiger partial charge is 0.497 e. The summed E-state index contributed by atoms with van der Waals surface area (Å²) in [4.78, 5) is 18.8. The van der Waals surface area contributed by atoms with Gasteiger partial charge in [0.05, 0.1) is 28.8 Å². The van der Waals surface area contributed by atoms with Crippen molar-refractivity contribution >= 4 is 37.5 Å². The number of para-hydroxylation sites is 1. The second-order valence-electron chi connectivity index (χ2n) is 7.03. The summed E-state index contributed by atoms with van der Waals surface area (Å²) < 4.78 is 38.8. The van der Waals surface area contributed by atoms with Gasteiger partial charge in [0.2, 0.25) is 15.9 Å². The van der Waals surface area contributed by atoms with E-state index in [1.54, 1.807) is 28.4 Å². The zero-order valence-corrected chi connectivity index (χ0v) is 18.7. The molecule has 0 unspecified atom stereocenters. The van der Waals surface area contributed by atoms with Crippen molar-refractivity contribution in [2.24, 2.45) is 0 Å². The average molecular weight is 462 g/mol. The molecule has 1 saturated heterocycles. The topological polar surface area (TPSA) is 89.0 Å². The molecule has 0 N–H and O–H groups in total. The normalized spacial score (nSPS) is 15.3. The zero-order chi connectivity index (χ0) is 21.8. The summed E-state index contributed by atoms with van der Waals surface area (Å²) in [6.45, 7) is 1.38. The Balaban J connectivity index is 1.27. The van der Waals surface area contributed by atoms with Crippen LogP contribution >= 0.6 is 11.3 Å². The lowest BCUT2D eigenvalue weighted by Gasteiger charge is -2.34. The third-order valence-corrected chi connectivity index (χ3v) is 8.00. The van der Waals surface area contributed by atoms with Gasteiger partial charge in [-0.25, -0.2) is 13.4 Å². The Kier molecular flexibility index (Phi) is 6.51. The number of carbonyl (C=O) groups excluding carboxylic acids is 1. The van der Waals surface area contributed by atoms with Gasteiger partial charge < -0.3 is 14.4 Å². The molecule has 1 aliphatic rings. The summed E-state index contributed by atoms with van der Waals surface area (Å²) in [6, 6.07) is 14.1. The predicted molar refractivity (Wildman–Crippen MR) is 118 cm³/mol. The highest BCUT2D eigenvalue weighted by Gasteiger charge is 2.30. The number of aromatic nitrogens is 1. The van der Waals surface area contributed by atoms with Crippen LogP contribution in [-0.4, -0.2) is 68.4 Å². The highest BCUT2D eigenvalue weighted by molar-refractivity contribution is 7.89. The van der Waals surface area contributed by atoms with Gasteiger partial charge in [0.1, 0.15) is 17.4 Å². The minimum absolute atomic E-state index is 0.0544. The Morgan fingerprint density at radius 1 is 1.06 bits per heavy atom. The van der Waals surface area contributed by atoms with Gasteiger partial charge >= 0.3 is 0 Å². The van der Waals surface area contributed by atoms with Crippen LogP contribution in [0.4, 0.5) is 0 Å². The fraction of sp³-hybridized carbons (Fsp3) is 0.333. The average Bonchev–Trinajstić information content (AvgIpc) is 3.22. The molecule has 3 aromatic rings. The van der Waals surface area contributed by atoms with E-state index in [0.717, 1.165) is 15.2 Å². The van der Waals surface area contributed by atoms with Crippen molar-refractivity contribution in [3.8, 4) is 5.75 Å². The van der Waals surface area contributed by atoms with E-state index < -0.39 is 10.0 Å². The van der Waals surface area contributed by atoms with E-state index in [1.807, 2.05) is 24.3 Å². The number of hydrogen-bond acceptors (Lipinski definition) is 7. The first-order valence-corrected chi connectivity index (χ1v) is 12.1. The van der Waals surface area contributed by atoms with Crippen LogP contribution in [0.5, 0.6) is 5.75 Å². The molecule has 1 aromatic heterocycles. The van der Waals surface area contributed by atoms with Crippen molar-refractivity contribution < 1.29 is 22.7 Å². The maximum atomic E-state index is 12.8. The van der Waals surface area contributed by atoms with Gasteiger partial charge in [0.15, 0.2) is 0 Å². The van der Waals surface area contributed by atoms with Gasteiger partial charge in [0.25, 0.3) is 0 Å². The van der Waals surface area contributed by atoms with Crippen molar-refractivity contribution in [1.82, 2.24) is 14.2 Å². The lowest BCUT2D eigenvalue weighted by atomic mass is 10.3. The van der Waals surface area contributed by atoms with Gasteiger partial charge in [0, 0.05) is 26.2 Å². The van der Waals surface area contributed by atoms with Crippen molar-refractivity contribution in [3.05, 3.63) is 53.5 Å². The van der Waals surface area contributed by atoms with Crippen molar-refractivity contribution in [3.63, 3.8) is 0 Å². The maximum absolute atomic E-state index is 12.8. The standard InChI is InChI=1S/C21H23N3O5S2/c1-28-16-6-8-17(9-7-16)31(26,27)24-12-10-23(11-13-24)21(25)15-29-14-20-22-18-4-2-3-5-19(18)30-20/h2-9H,10-15H2,1H3. The molecule has 164 valence electrons. The fourth-order valence-electron chi connectivity index (χ4n) is 3.37. The van der Waals surface area contributed by atoms with Crippen LogP contribution in [0.3, 0.4) is 0 Å². The van der Waals surface area contributed by atoms with Crippen LogP contribution < -0.4 is 4.74 Å². The molecule has 1 amide bonds. The van der Waals surface area contributed by atoms with Gasteiger partial charge in [-0.15, -0.1) is 11.3 Å². The SMILES string of the molecule is COc1ccc(S(=O)(=O)N2CCN(C(=O)COCc3nc4ccccc4s3)CC2)cc1. The number of methoxy groups -OCH3 is 1. The summed E-state index contributed by atoms with van der Waals surface area (Å²) >= 11 is 1.55. The molecule has 0 atom stereocenters. The third kappa shape index (κ3) is 4.87. The van der Waals surface area contributed by atoms with Crippen molar-refractivity contribution in [1.29, 1.82) is 0 Å². The lowest BCUT2D eigenvalue weighted by Crippen LogP contribution is -2.51. The number of carbonyl (C=O) groups is 1. The number of ether oxygens (including phenoxy) is 2. The molecule has 1 fully saturated rings. The number of nitrogens with zero attached hydrogens (tertiary/aromatic N) is 3. The number of sulfonamides is 1. The summed E-state index contributed by atoms with van der Waals surface area (Å²) in [6.07, 6.45) is 0. The summed E-state index contributed by atoms with van der Waals surface area (Å²) in [5, 5.41) is 0.824. The number of thiazole rings is 1. The van der Waals surface area contributed by atoms with Crippen LogP contribution in [-0.2, 0) is 26.2 Å². The van der Waals surface area contributed by atoms with Crippen LogP contribution in [0.25, 0.3) is 10.2 Å². The van der Waals surface area contributed by atoms with Crippen molar-refractivity contribution in [2.45, 2.75) is 11.5 Å². The first kappa shape index (κ1) is 21.7. The number of rotatable bonds is 7. The van der Waals surface area contributed by atoms with Crippen LogP contribution in [0.15, 0.2) is 53.4 Å². The highest BCUT2D eigenvalue weighted by atomic mass is 32.2. The molecule has 31 heavy (non-hydrogen) atoms. The van der Waals surface area contributed by atoms with E-state index >= 15 is 0 Å². The molecular weight excluding hydrogens is 438 g/mol. The molecule has 0 radical (unpaired) electrons. The molecule has 2 heterocycles. The minimum atomic E-state index is -3.60. The molecule has 8 nitrogen and oxygen atoms in total. The molecule has 0 bridgehead atoms. The number of piperazine rings is 1. The molecule has 0 spiro atoms. The Bertz CT molecular complexity index is 1120. The van der Waals surface area contributed by atoms with Gasteiger partial charge in [-0.05, 0) is 36.4 Å². The van der Waals surface area contributed by atoms with E-state index in [-0.39, 0.29) is 37.1 Å². The second kappa shape index (κ2) is 9.31. The van der Waals surface area contributed by atoms with Crippen molar-refractivity contribution in [2.75, 3.05) is 39.9 Å². The van der Waals surface area contributed by atoms with Crippen LogP contribution in [0, 0.1) is 0 Å². The molecule has 4 rings (SSSR count). The molecular formula is C21H23N3O5S2. The zero-order valence-electron chi connectivity index (χ0n) is 17.1. The van der Waals surface area contributed by atoms with Crippen LogP contribution in [0.1, 0.15) is 5.01 Å². The second-order valence-corrected chi connectivity index (χ2v) is 10.1. The Hall–Kier alpha value is -2.53. The molecule has 0 aliphatic carbocycles. The first-order valence-electron chi connectivity index (χ1n) is 9.81. The Labute approximate surface area is 185 Å². The van der Waals surface area contributed by atoms with Gasteiger partial charge in [-0.2, -0.15) is 4.31 Å². The van der Waals surface area contributed by atoms with E-state index in [4.69, 9.17) is 9.47 Å². The summed E-state index contributed by atoms with van der Waals surface area (Å²) in [5.41, 5.74) is 0.923. The van der Waals surface area contributed by atoms with E-state index in [2.05, 4.69) is 4.98 Å². The quantitative estimate of drug-likeness (QED) is 0.537. The molecule has 10 heteroatoms. The highest BCUT2D eigenvalue weighted by Crippen LogP contribution is 2.22. The predicted octanol–water partition coefficient (Wildman–Crippen LogP) is 2.35. The summed E-state index contributed by atoms with van der Waals surface area (Å²) in [7, 11) is -2.07. The molecule has 0 saturated carbocycles. The number of fused-ring (bicyclic) bond motifs is 1. The maximum Gasteiger partial charge on any atom is 0.248 e. The fourth-order valence-corrected chi connectivity index (χ4v) is 5.70. The molecule has 1 aliphatic heterocycles. The van der Waals surface area contributed by atoms with E-state index in [0.29, 0.717) is 18.8 Å². The number of benzene rings is 2. The van der Waals surface area contributed by atoms with Crippen LogP contribution in [0.2, 0.25) is 0 Å². The summed E-state index contributed by atoms with van der Waals surface area (Å²) in [5.74, 6) is 0.447. The third-order valence-electron chi connectivity index (χ3n) is 5.08. The van der Waals surface area contributed by atoms with E-state index in [1.165, 1.54) is 23.5 Å². The van der Waals surface area contributed by atoms with Gasteiger partial charge in [-0.3, -0.25) is 4.79 Å².